The molecule has 2 aromatic carbocycles. The van der Waals surface area contributed by atoms with Gasteiger partial charge in [0.2, 0.25) is 0 Å². The van der Waals surface area contributed by atoms with Gasteiger partial charge in [0.15, 0.2) is 0 Å². The van der Waals surface area contributed by atoms with Crippen LogP contribution in [0, 0.1) is 17.1 Å². The molecule has 3 rings (SSSR count). The van der Waals surface area contributed by atoms with E-state index in [1.165, 1.54) is 62.1 Å². The summed E-state index contributed by atoms with van der Waals surface area (Å²) in [5.74, 6) is -1.54. The standard InChI is InChI=1S/C22H16FN3O4S/c1-29-21(27)14-5-8-17(22(28)30-2)18(9-14)25-11-15(10-24)20-26-19(12-31-20)13-3-6-16(23)7-4-13/h3-9,11-12,25H,1-2H3. The average Bonchev–Trinajstić information content (AvgIpc) is 3.28. The second-order valence-corrected chi connectivity index (χ2v) is 6.96. The van der Waals surface area contributed by atoms with Gasteiger partial charge in [-0.3, -0.25) is 0 Å². The van der Waals surface area contributed by atoms with E-state index in [4.69, 9.17) is 9.47 Å². The zero-order chi connectivity index (χ0) is 22.4. The number of halogens is 1. The number of thiazole rings is 1. The lowest BCUT2D eigenvalue weighted by molar-refractivity contribution is 0.0587. The van der Waals surface area contributed by atoms with E-state index >= 15 is 0 Å². The number of aromatic nitrogens is 1. The molecule has 0 atom stereocenters. The van der Waals surface area contributed by atoms with Crippen LogP contribution in [0.4, 0.5) is 10.1 Å². The fourth-order valence-electron chi connectivity index (χ4n) is 2.64. The molecule has 0 bridgehead atoms. The molecule has 31 heavy (non-hydrogen) atoms. The molecule has 0 spiro atoms. The Morgan fingerprint density at radius 2 is 1.84 bits per heavy atom. The largest absolute Gasteiger partial charge is 0.465 e. The van der Waals surface area contributed by atoms with Crippen LogP contribution in [0.5, 0.6) is 0 Å². The quantitative estimate of drug-likeness (QED) is 0.447. The van der Waals surface area contributed by atoms with E-state index in [1.807, 2.05) is 0 Å². The molecule has 156 valence electrons. The SMILES string of the molecule is COC(=O)c1ccc(C(=O)OC)c(NC=C(C#N)c2nc(-c3ccc(F)cc3)cs2)c1. The highest BCUT2D eigenvalue weighted by molar-refractivity contribution is 7.11. The monoisotopic (exact) mass is 437 g/mol. The van der Waals surface area contributed by atoms with Crippen molar-refractivity contribution in [1.29, 1.82) is 5.26 Å². The minimum absolute atomic E-state index is 0.176. The third kappa shape index (κ3) is 4.94. The number of allylic oxidation sites excluding steroid dienone is 1. The van der Waals surface area contributed by atoms with Crippen LogP contribution in [0.2, 0.25) is 0 Å². The molecule has 0 radical (unpaired) electrons. The molecule has 0 amide bonds. The summed E-state index contributed by atoms with van der Waals surface area (Å²) >= 11 is 1.24. The Labute approximate surface area is 181 Å². The van der Waals surface area contributed by atoms with E-state index in [0.717, 1.165) is 0 Å². The molecule has 0 saturated heterocycles. The molecule has 3 aromatic rings. The van der Waals surface area contributed by atoms with Crippen molar-refractivity contribution in [2.75, 3.05) is 19.5 Å². The van der Waals surface area contributed by atoms with Crippen LogP contribution < -0.4 is 5.32 Å². The fourth-order valence-corrected chi connectivity index (χ4v) is 3.43. The van der Waals surface area contributed by atoms with Crippen LogP contribution in [-0.4, -0.2) is 31.1 Å². The predicted molar refractivity (Wildman–Crippen MR) is 114 cm³/mol. The summed E-state index contributed by atoms with van der Waals surface area (Å²) in [5, 5.41) is 14.6. The van der Waals surface area contributed by atoms with Crippen LogP contribution >= 0.6 is 11.3 Å². The number of benzene rings is 2. The van der Waals surface area contributed by atoms with Crippen molar-refractivity contribution in [3.8, 4) is 17.3 Å². The lowest BCUT2D eigenvalue weighted by Gasteiger charge is -2.10. The van der Waals surface area contributed by atoms with Crippen molar-refractivity contribution >= 4 is 34.5 Å². The Morgan fingerprint density at radius 1 is 1.13 bits per heavy atom. The number of carbonyl (C=O) groups is 2. The smallest absolute Gasteiger partial charge is 0.339 e. The lowest BCUT2D eigenvalue weighted by atomic mass is 10.1. The first-order valence-corrected chi connectivity index (χ1v) is 9.74. The normalized spacial score (nSPS) is 10.8. The maximum Gasteiger partial charge on any atom is 0.339 e. The minimum Gasteiger partial charge on any atom is -0.465 e. The second-order valence-electron chi connectivity index (χ2n) is 6.10. The van der Waals surface area contributed by atoms with Gasteiger partial charge in [-0.15, -0.1) is 11.3 Å². The van der Waals surface area contributed by atoms with Crippen LogP contribution in [0.3, 0.4) is 0 Å². The Kier molecular flexibility index (Phi) is 6.74. The molecule has 9 heteroatoms. The summed E-state index contributed by atoms with van der Waals surface area (Å²) in [6.07, 6.45) is 1.39. The van der Waals surface area contributed by atoms with Gasteiger partial charge in [0.05, 0.1) is 36.7 Å². The number of nitriles is 1. The Hall–Kier alpha value is -4.03. The second kappa shape index (κ2) is 9.65. The maximum atomic E-state index is 13.1. The minimum atomic E-state index is -0.612. The molecule has 1 aromatic heterocycles. The van der Waals surface area contributed by atoms with Gasteiger partial charge >= 0.3 is 11.9 Å². The van der Waals surface area contributed by atoms with Crippen molar-refractivity contribution in [2.45, 2.75) is 0 Å². The van der Waals surface area contributed by atoms with Crippen molar-refractivity contribution in [1.82, 2.24) is 4.98 Å². The number of hydrogen-bond acceptors (Lipinski definition) is 8. The molecule has 7 nitrogen and oxygen atoms in total. The van der Waals surface area contributed by atoms with E-state index < -0.39 is 11.9 Å². The third-order valence-electron chi connectivity index (χ3n) is 4.21. The van der Waals surface area contributed by atoms with Crippen LogP contribution in [0.25, 0.3) is 16.8 Å². The molecule has 0 aliphatic carbocycles. The summed E-state index contributed by atoms with van der Waals surface area (Å²) in [5.41, 5.74) is 2.18. The van der Waals surface area contributed by atoms with Crippen LogP contribution in [-0.2, 0) is 9.47 Å². The van der Waals surface area contributed by atoms with Gasteiger partial charge in [0, 0.05) is 17.1 Å². The van der Waals surface area contributed by atoms with Gasteiger partial charge in [0.25, 0.3) is 0 Å². The average molecular weight is 437 g/mol. The Balaban J connectivity index is 1.92. The van der Waals surface area contributed by atoms with E-state index in [9.17, 15) is 19.2 Å². The van der Waals surface area contributed by atoms with Gasteiger partial charge < -0.3 is 14.8 Å². The van der Waals surface area contributed by atoms with Crippen molar-refractivity contribution in [2.24, 2.45) is 0 Å². The zero-order valence-corrected chi connectivity index (χ0v) is 17.3. The molecule has 0 aliphatic heterocycles. The van der Waals surface area contributed by atoms with Gasteiger partial charge in [-0.05, 0) is 42.5 Å². The van der Waals surface area contributed by atoms with E-state index in [-0.39, 0.29) is 28.2 Å². The van der Waals surface area contributed by atoms with Gasteiger partial charge in [-0.2, -0.15) is 5.26 Å². The number of nitrogens with one attached hydrogen (secondary N) is 1. The first kappa shape index (κ1) is 21.7. The number of nitrogens with zero attached hydrogens (tertiary/aromatic N) is 2. The summed E-state index contributed by atoms with van der Waals surface area (Å²) in [6, 6.07) is 12.2. The Bertz CT molecular complexity index is 1200. The first-order valence-electron chi connectivity index (χ1n) is 8.86. The molecule has 0 unspecified atom stereocenters. The molecule has 0 fully saturated rings. The van der Waals surface area contributed by atoms with E-state index in [0.29, 0.717) is 16.3 Å². The predicted octanol–water partition coefficient (Wildman–Crippen LogP) is 4.50. The molecular weight excluding hydrogens is 421 g/mol. The zero-order valence-electron chi connectivity index (χ0n) is 16.5. The number of anilines is 1. The van der Waals surface area contributed by atoms with Gasteiger partial charge in [0.1, 0.15) is 22.5 Å². The third-order valence-corrected chi connectivity index (χ3v) is 5.09. The highest BCUT2D eigenvalue weighted by Crippen LogP contribution is 2.27. The summed E-state index contributed by atoms with van der Waals surface area (Å²) in [7, 11) is 2.49. The summed E-state index contributed by atoms with van der Waals surface area (Å²) < 4.78 is 22.6. The van der Waals surface area contributed by atoms with Crippen molar-refractivity contribution < 1.29 is 23.5 Å². The molecule has 1 N–H and O–H groups in total. The lowest BCUT2D eigenvalue weighted by Crippen LogP contribution is -2.08. The highest BCUT2D eigenvalue weighted by Gasteiger charge is 2.16. The topological polar surface area (TPSA) is 101 Å². The number of methoxy groups -OCH3 is 2. The van der Waals surface area contributed by atoms with E-state index in [2.05, 4.69) is 16.4 Å². The van der Waals surface area contributed by atoms with Gasteiger partial charge in [-0.25, -0.2) is 19.0 Å². The van der Waals surface area contributed by atoms with E-state index in [1.54, 1.807) is 17.5 Å². The number of ether oxygens (including phenoxy) is 2. The molecule has 0 saturated carbocycles. The number of esters is 2. The van der Waals surface area contributed by atoms with Crippen molar-refractivity contribution in [3.05, 3.63) is 76.0 Å². The summed E-state index contributed by atoms with van der Waals surface area (Å²) in [4.78, 5) is 28.3. The molecule has 0 aliphatic rings. The molecule has 1 heterocycles. The fraction of sp³-hybridized carbons (Fsp3) is 0.0909. The summed E-state index contributed by atoms with van der Waals surface area (Å²) in [6.45, 7) is 0. The van der Waals surface area contributed by atoms with Crippen LogP contribution in [0.15, 0.2) is 54.0 Å². The van der Waals surface area contributed by atoms with Gasteiger partial charge in [-0.1, -0.05) is 0 Å². The first-order chi connectivity index (χ1) is 15.0. The van der Waals surface area contributed by atoms with Crippen LogP contribution in [0.1, 0.15) is 25.7 Å². The number of hydrogen-bond donors (Lipinski definition) is 1. The number of rotatable bonds is 6. The van der Waals surface area contributed by atoms with Crippen molar-refractivity contribution in [3.63, 3.8) is 0 Å². The number of carbonyl (C=O) groups excluding carboxylic acids is 2. The Morgan fingerprint density at radius 3 is 2.48 bits per heavy atom. The highest BCUT2D eigenvalue weighted by atomic mass is 32.1. The molecular formula is C22H16FN3O4S. The maximum absolute atomic E-state index is 13.1.